The van der Waals surface area contributed by atoms with Gasteiger partial charge in [-0.05, 0) is 36.2 Å². The van der Waals surface area contributed by atoms with Crippen LogP contribution in [-0.2, 0) is 22.3 Å². The van der Waals surface area contributed by atoms with Crippen molar-refractivity contribution in [2.45, 2.75) is 18.7 Å². The molecule has 0 radical (unpaired) electrons. The number of halogens is 1. The molecule has 0 N–H and O–H groups in total. The van der Waals surface area contributed by atoms with Crippen LogP contribution in [0.15, 0.2) is 54.6 Å². The lowest BCUT2D eigenvalue weighted by Gasteiger charge is -2.22. The maximum atomic E-state index is 13.0. The molecule has 1 aliphatic rings. The number of rotatable bonds is 5. The molecular formula is C19H23FN2O2S. The minimum atomic E-state index is -3.38. The molecule has 2 aromatic carbocycles. The molecule has 25 heavy (non-hydrogen) atoms. The number of nitrogens with zero attached hydrogens (tertiary/aromatic N) is 2. The average Bonchev–Trinajstić information content (AvgIpc) is 2.84. The van der Waals surface area contributed by atoms with Crippen LogP contribution < -0.4 is 0 Å². The van der Waals surface area contributed by atoms with E-state index in [1.54, 1.807) is 4.31 Å². The van der Waals surface area contributed by atoms with Crippen molar-refractivity contribution in [2.24, 2.45) is 0 Å². The first-order valence-electron chi connectivity index (χ1n) is 8.51. The Morgan fingerprint density at radius 3 is 2.28 bits per heavy atom. The molecule has 6 heteroatoms. The highest BCUT2D eigenvalue weighted by Crippen LogP contribution is 2.15. The van der Waals surface area contributed by atoms with E-state index in [0.29, 0.717) is 18.7 Å². The molecule has 1 aliphatic heterocycles. The van der Waals surface area contributed by atoms with E-state index in [4.69, 9.17) is 0 Å². The van der Waals surface area contributed by atoms with E-state index in [2.05, 4.69) is 17.0 Å². The minimum Gasteiger partial charge on any atom is -0.298 e. The van der Waals surface area contributed by atoms with Crippen LogP contribution >= 0.6 is 0 Å². The zero-order valence-corrected chi connectivity index (χ0v) is 15.0. The van der Waals surface area contributed by atoms with E-state index in [1.807, 2.05) is 18.2 Å². The van der Waals surface area contributed by atoms with Crippen molar-refractivity contribution in [1.29, 1.82) is 0 Å². The maximum Gasteiger partial charge on any atom is 0.218 e. The molecule has 0 atom stereocenters. The summed E-state index contributed by atoms with van der Waals surface area (Å²) in [4.78, 5) is 2.29. The van der Waals surface area contributed by atoms with E-state index in [-0.39, 0.29) is 11.6 Å². The van der Waals surface area contributed by atoms with E-state index in [0.717, 1.165) is 26.1 Å². The Morgan fingerprint density at radius 1 is 0.840 bits per heavy atom. The lowest BCUT2D eigenvalue weighted by atomic mass is 10.2. The molecule has 0 spiro atoms. The summed E-state index contributed by atoms with van der Waals surface area (Å²) in [6, 6.07) is 15.9. The lowest BCUT2D eigenvalue weighted by Crippen LogP contribution is -2.35. The zero-order valence-electron chi connectivity index (χ0n) is 14.1. The van der Waals surface area contributed by atoms with Crippen LogP contribution in [0.1, 0.15) is 17.5 Å². The van der Waals surface area contributed by atoms with Gasteiger partial charge in [-0.2, -0.15) is 0 Å². The van der Waals surface area contributed by atoms with Gasteiger partial charge in [-0.25, -0.2) is 17.1 Å². The van der Waals surface area contributed by atoms with Gasteiger partial charge in [0.1, 0.15) is 5.82 Å². The van der Waals surface area contributed by atoms with Crippen molar-refractivity contribution in [3.63, 3.8) is 0 Å². The topological polar surface area (TPSA) is 40.6 Å². The molecule has 1 saturated heterocycles. The maximum absolute atomic E-state index is 13.0. The second-order valence-electron chi connectivity index (χ2n) is 6.40. The Labute approximate surface area is 148 Å². The van der Waals surface area contributed by atoms with Gasteiger partial charge in [-0.1, -0.05) is 42.5 Å². The number of hydrogen-bond donors (Lipinski definition) is 0. The summed E-state index contributed by atoms with van der Waals surface area (Å²) in [5.41, 5.74) is 1.86. The number of benzene rings is 2. The van der Waals surface area contributed by atoms with E-state index in [1.165, 1.54) is 29.8 Å². The SMILES string of the molecule is O=S(=O)(Cc1ccc(F)cc1)N1CCCN(Cc2ccccc2)CC1. The Morgan fingerprint density at radius 2 is 1.56 bits per heavy atom. The second kappa shape index (κ2) is 8.08. The molecule has 0 saturated carbocycles. The fourth-order valence-electron chi connectivity index (χ4n) is 3.11. The highest BCUT2D eigenvalue weighted by atomic mass is 32.2. The van der Waals surface area contributed by atoms with Crippen molar-refractivity contribution < 1.29 is 12.8 Å². The second-order valence-corrected chi connectivity index (χ2v) is 8.37. The van der Waals surface area contributed by atoms with Gasteiger partial charge < -0.3 is 0 Å². The monoisotopic (exact) mass is 362 g/mol. The molecule has 1 heterocycles. The van der Waals surface area contributed by atoms with Gasteiger partial charge in [0.25, 0.3) is 0 Å². The quantitative estimate of drug-likeness (QED) is 0.821. The molecule has 0 unspecified atom stereocenters. The van der Waals surface area contributed by atoms with Gasteiger partial charge in [0, 0.05) is 26.2 Å². The average molecular weight is 362 g/mol. The van der Waals surface area contributed by atoms with Gasteiger partial charge in [0.15, 0.2) is 0 Å². The van der Waals surface area contributed by atoms with Gasteiger partial charge in [-0.3, -0.25) is 4.90 Å². The summed E-state index contributed by atoms with van der Waals surface area (Å²) in [5, 5.41) is 0. The van der Waals surface area contributed by atoms with E-state index < -0.39 is 10.0 Å². The highest BCUT2D eigenvalue weighted by molar-refractivity contribution is 7.88. The molecule has 1 fully saturated rings. The first-order valence-corrected chi connectivity index (χ1v) is 10.1. The summed E-state index contributed by atoms with van der Waals surface area (Å²) >= 11 is 0. The summed E-state index contributed by atoms with van der Waals surface area (Å²) < 4.78 is 39.9. The molecule has 0 aromatic heterocycles. The molecule has 2 aromatic rings. The predicted octanol–water partition coefficient (Wildman–Crippen LogP) is 2.86. The Bertz CT molecular complexity index is 779. The highest BCUT2D eigenvalue weighted by Gasteiger charge is 2.25. The first kappa shape index (κ1) is 18.0. The largest absolute Gasteiger partial charge is 0.298 e. The summed E-state index contributed by atoms with van der Waals surface area (Å²) in [6.45, 7) is 3.48. The fourth-order valence-corrected chi connectivity index (χ4v) is 4.67. The molecule has 0 bridgehead atoms. The fraction of sp³-hybridized carbons (Fsp3) is 0.368. The van der Waals surface area contributed by atoms with E-state index >= 15 is 0 Å². The van der Waals surface area contributed by atoms with Crippen molar-refractivity contribution in [3.8, 4) is 0 Å². The Hall–Kier alpha value is -1.76. The third kappa shape index (κ3) is 5.11. The first-order chi connectivity index (χ1) is 12.0. The van der Waals surface area contributed by atoms with Crippen LogP contribution in [0.25, 0.3) is 0 Å². The van der Waals surface area contributed by atoms with Crippen LogP contribution in [0.3, 0.4) is 0 Å². The van der Waals surface area contributed by atoms with Crippen LogP contribution in [0.5, 0.6) is 0 Å². The molecule has 0 amide bonds. The smallest absolute Gasteiger partial charge is 0.218 e. The summed E-state index contributed by atoms with van der Waals surface area (Å²) in [7, 11) is -3.38. The third-order valence-corrected chi connectivity index (χ3v) is 6.30. The van der Waals surface area contributed by atoms with Gasteiger partial charge >= 0.3 is 0 Å². The lowest BCUT2D eigenvalue weighted by molar-refractivity contribution is 0.278. The van der Waals surface area contributed by atoms with Gasteiger partial charge in [0.2, 0.25) is 10.0 Å². The molecule has 3 rings (SSSR count). The summed E-state index contributed by atoms with van der Waals surface area (Å²) in [5.74, 6) is -0.432. The summed E-state index contributed by atoms with van der Waals surface area (Å²) in [6.07, 6.45) is 0.815. The number of hydrogen-bond acceptors (Lipinski definition) is 3. The van der Waals surface area contributed by atoms with Crippen LogP contribution in [0.4, 0.5) is 4.39 Å². The molecule has 134 valence electrons. The van der Waals surface area contributed by atoms with Crippen molar-refractivity contribution in [3.05, 3.63) is 71.5 Å². The van der Waals surface area contributed by atoms with Crippen LogP contribution in [0.2, 0.25) is 0 Å². The van der Waals surface area contributed by atoms with Crippen molar-refractivity contribution in [2.75, 3.05) is 26.2 Å². The molecule has 4 nitrogen and oxygen atoms in total. The van der Waals surface area contributed by atoms with E-state index in [9.17, 15) is 12.8 Å². The molecular weight excluding hydrogens is 339 g/mol. The normalized spacial score (nSPS) is 17.3. The minimum absolute atomic E-state index is 0.0774. The number of sulfonamides is 1. The third-order valence-electron chi connectivity index (χ3n) is 4.45. The van der Waals surface area contributed by atoms with Crippen molar-refractivity contribution in [1.82, 2.24) is 9.21 Å². The van der Waals surface area contributed by atoms with Crippen molar-refractivity contribution >= 4 is 10.0 Å². The Kier molecular flexibility index (Phi) is 5.83. The predicted molar refractivity (Wildman–Crippen MR) is 96.9 cm³/mol. The zero-order chi connectivity index (χ0) is 17.7. The van der Waals surface area contributed by atoms with Gasteiger partial charge in [0.05, 0.1) is 5.75 Å². The van der Waals surface area contributed by atoms with Gasteiger partial charge in [-0.15, -0.1) is 0 Å². The van der Waals surface area contributed by atoms with Crippen LogP contribution in [-0.4, -0.2) is 43.8 Å². The molecule has 0 aliphatic carbocycles. The standard InChI is InChI=1S/C19H23FN2O2S/c20-19-9-7-18(8-10-19)16-25(23,24)22-12-4-11-21(13-14-22)15-17-5-2-1-3-6-17/h1-3,5-10H,4,11-16H2. The Balaban J connectivity index is 1.60. The van der Waals surface area contributed by atoms with Crippen LogP contribution in [0, 0.1) is 5.82 Å².